The van der Waals surface area contributed by atoms with Gasteiger partial charge < -0.3 is 14.5 Å². The molecule has 1 heterocycles. The van der Waals surface area contributed by atoms with Crippen molar-refractivity contribution < 1.29 is 13.9 Å². The Kier molecular flexibility index (Phi) is 4.11. The summed E-state index contributed by atoms with van der Waals surface area (Å²) in [5, 5.41) is 5.54. The molecule has 3 aromatic carbocycles. The maximum Gasteiger partial charge on any atom is 0.336 e. The van der Waals surface area contributed by atoms with E-state index in [1.165, 1.54) is 6.07 Å². The van der Waals surface area contributed by atoms with Crippen LogP contribution in [-0.4, -0.2) is 12.5 Å². The molecule has 0 aliphatic heterocycles. The lowest BCUT2D eigenvalue weighted by Crippen LogP contribution is -2.20. The highest BCUT2D eigenvalue weighted by atomic mass is 16.5. The molecular weight excluding hydrogens is 330 g/mol. The Morgan fingerprint density at radius 1 is 0.923 bits per heavy atom. The number of anilines is 1. The summed E-state index contributed by atoms with van der Waals surface area (Å²) in [5.41, 5.74) is 0.679. The monoisotopic (exact) mass is 345 g/mol. The van der Waals surface area contributed by atoms with Gasteiger partial charge in [0.15, 0.2) is 6.61 Å². The predicted octanol–water partition coefficient (Wildman–Crippen LogP) is 3.96. The van der Waals surface area contributed by atoms with E-state index in [0.29, 0.717) is 17.0 Å². The second-order valence-electron chi connectivity index (χ2n) is 5.82. The highest BCUT2D eigenvalue weighted by molar-refractivity contribution is 5.95. The second-order valence-corrected chi connectivity index (χ2v) is 5.82. The van der Waals surface area contributed by atoms with Gasteiger partial charge in [-0.05, 0) is 35.7 Å². The van der Waals surface area contributed by atoms with Gasteiger partial charge in [-0.15, -0.1) is 0 Å². The molecule has 128 valence electrons. The van der Waals surface area contributed by atoms with Gasteiger partial charge in [-0.3, -0.25) is 4.79 Å². The van der Waals surface area contributed by atoms with Crippen LogP contribution >= 0.6 is 0 Å². The molecule has 0 radical (unpaired) electrons. The van der Waals surface area contributed by atoms with Crippen molar-refractivity contribution in [2.24, 2.45) is 0 Å². The number of benzene rings is 3. The van der Waals surface area contributed by atoms with Gasteiger partial charge in [0.1, 0.15) is 11.3 Å². The number of fused-ring (bicyclic) bond motifs is 2. The van der Waals surface area contributed by atoms with Gasteiger partial charge in [0.05, 0.1) is 0 Å². The minimum atomic E-state index is -0.405. The van der Waals surface area contributed by atoms with Gasteiger partial charge in [0.25, 0.3) is 5.91 Å². The molecule has 1 aromatic heterocycles. The highest BCUT2D eigenvalue weighted by Gasteiger charge is 2.07. The number of amides is 1. The van der Waals surface area contributed by atoms with Gasteiger partial charge in [0.2, 0.25) is 0 Å². The molecule has 0 atom stereocenters. The molecular formula is C21H15NO4. The summed E-state index contributed by atoms with van der Waals surface area (Å²) in [6.45, 7) is -0.101. The molecule has 0 spiro atoms. The third-order valence-electron chi connectivity index (χ3n) is 4.01. The average Bonchev–Trinajstić information content (AvgIpc) is 2.66. The first-order valence-corrected chi connectivity index (χ1v) is 8.13. The number of rotatable bonds is 4. The van der Waals surface area contributed by atoms with Crippen molar-refractivity contribution in [3.63, 3.8) is 0 Å². The predicted molar refractivity (Wildman–Crippen MR) is 101 cm³/mol. The first-order valence-electron chi connectivity index (χ1n) is 8.13. The molecule has 0 fully saturated rings. The average molecular weight is 345 g/mol. The maximum atomic E-state index is 12.2. The van der Waals surface area contributed by atoms with E-state index in [0.717, 1.165) is 16.2 Å². The Morgan fingerprint density at radius 2 is 1.77 bits per heavy atom. The van der Waals surface area contributed by atoms with Crippen molar-refractivity contribution in [3.05, 3.63) is 83.2 Å². The van der Waals surface area contributed by atoms with Crippen LogP contribution < -0.4 is 15.7 Å². The van der Waals surface area contributed by atoms with Crippen molar-refractivity contribution >= 4 is 33.3 Å². The highest BCUT2D eigenvalue weighted by Crippen LogP contribution is 2.25. The Morgan fingerprint density at radius 3 is 2.69 bits per heavy atom. The largest absolute Gasteiger partial charge is 0.483 e. The van der Waals surface area contributed by atoms with Crippen molar-refractivity contribution in [3.8, 4) is 5.75 Å². The zero-order chi connectivity index (χ0) is 17.9. The number of hydrogen-bond donors (Lipinski definition) is 1. The Balaban J connectivity index is 1.47. The van der Waals surface area contributed by atoms with Crippen LogP contribution in [0.2, 0.25) is 0 Å². The number of hydrogen-bond acceptors (Lipinski definition) is 4. The van der Waals surface area contributed by atoms with E-state index in [1.54, 1.807) is 24.3 Å². The molecule has 5 heteroatoms. The fourth-order valence-electron chi connectivity index (χ4n) is 2.81. The lowest BCUT2D eigenvalue weighted by Gasteiger charge is -2.10. The number of carbonyl (C=O) groups excluding carboxylic acids is 1. The fourth-order valence-corrected chi connectivity index (χ4v) is 2.81. The summed E-state index contributed by atoms with van der Waals surface area (Å²) in [6, 6.07) is 21.7. The van der Waals surface area contributed by atoms with Crippen LogP contribution in [0.15, 0.2) is 82.0 Å². The summed E-state index contributed by atoms with van der Waals surface area (Å²) in [6.07, 6.45) is 0. The molecule has 1 amide bonds. The topological polar surface area (TPSA) is 68.5 Å². The van der Waals surface area contributed by atoms with Crippen LogP contribution in [0.3, 0.4) is 0 Å². The zero-order valence-corrected chi connectivity index (χ0v) is 13.8. The third kappa shape index (κ3) is 3.28. The summed E-state index contributed by atoms with van der Waals surface area (Å²) in [4.78, 5) is 23.4. The van der Waals surface area contributed by atoms with E-state index >= 15 is 0 Å². The summed E-state index contributed by atoms with van der Waals surface area (Å²) in [5.74, 6) is 0.396. The molecule has 1 N–H and O–H groups in total. The van der Waals surface area contributed by atoms with Crippen molar-refractivity contribution in [1.29, 1.82) is 0 Å². The van der Waals surface area contributed by atoms with Crippen LogP contribution in [0.25, 0.3) is 21.7 Å². The van der Waals surface area contributed by atoms with Crippen LogP contribution in [-0.2, 0) is 4.79 Å². The summed E-state index contributed by atoms with van der Waals surface area (Å²) < 4.78 is 10.8. The minimum Gasteiger partial charge on any atom is -0.483 e. The van der Waals surface area contributed by atoms with Gasteiger partial charge in [-0.1, -0.05) is 36.4 Å². The van der Waals surface area contributed by atoms with Crippen molar-refractivity contribution in [2.45, 2.75) is 0 Å². The van der Waals surface area contributed by atoms with E-state index in [9.17, 15) is 9.59 Å². The first-order chi connectivity index (χ1) is 12.7. The lowest BCUT2D eigenvalue weighted by molar-refractivity contribution is -0.118. The zero-order valence-electron chi connectivity index (χ0n) is 13.8. The molecule has 26 heavy (non-hydrogen) atoms. The molecule has 4 aromatic rings. The Hall–Kier alpha value is -3.60. The van der Waals surface area contributed by atoms with Gasteiger partial charge >= 0.3 is 5.63 Å². The molecule has 5 nitrogen and oxygen atoms in total. The van der Waals surface area contributed by atoms with E-state index in [4.69, 9.17) is 9.15 Å². The Labute approximate surface area is 148 Å². The van der Waals surface area contributed by atoms with Crippen molar-refractivity contribution in [1.82, 2.24) is 0 Å². The Bertz CT molecular complexity index is 1160. The van der Waals surface area contributed by atoms with E-state index in [1.807, 2.05) is 42.5 Å². The van der Waals surface area contributed by atoms with Gasteiger partial charge in [-0.25, -0.2) is 4.79 Å². The van der Waals surface area contributed by atoms with Crippen LogP contribution in [0, 0.1) is 0 Å². The van der Waals surface area contributed by atoms with Gasteiger partial charge in [-0.2, -0.15) is 0 Å². The van der Waals surface area contributed by atoms with Crippen LogP contribution in [0.1, 0.15) is 0 Å². The molecule has 0 aliphatic carbocycles. The number of ether oxygens (including phenoxy) is 1. The van der Waals surface area contributed by atoms with Crippen LogP contribution in [0.4, 0.5) is 5.69 Å². The molecule has 4 rings (SSSR count). The quantitative estimate of drug-likeness (QED) is 0.568. The summed E-state index contributed by atoms with van der Waals surface area (Å²) in [7, 11) is 0. The molecule has 0 saturated carbocycles. The second kappa shape index (κ2) is 6.72. The number of nitrogens with one attached hydrogen (secondary N) is 1. The van der Waals surface area contributed by atoms with E-state index in [2.05, 4.69) is 5.32 Å². The van der Waals surface area contributed by atoms with E-state index in [-0.39, 0.29) is 12.5 Å². The smallest absolute Gasteiger partial charge is 0.336 e. The molecule has 0 unspecified atom stereocenters. The molecule has 0 aliphatic rings. The van der Waals surface area contributed by atoms with E-state index < -0.39 is 5.63 Å². The standard InChI is InChI=1S/C21H15NO4/c23-20(13-25-19-7-3-5-14-4-1-2-6-17(14)19)22-16-9-10-18-15(12-16)8-11-21(24)26-18/h1-12H,13H2,(H,22,23). The fraction of sp³-hybridized carbons (Fsp3) is 0.0476. The molecule has 0 bridgehead atoms. The normalized spacial score (nSPS) is 10.8. The van der Waals surface area contributed by atoms with Gasteiger partial charge in [0, 0.05) is 22.5 Å². The third-order valence-corrected chi connectivity index (χ3v) is 4.01. The lowest BCUT2D eigenvalue weighted by atomic mass is 10.1. The van der Waals surface area contributed by atoms with Crippen LogP contribution in [0.5, 0.6) is 5.75 Å². The maximum absolute atomic E-state index is 12.2. The summed E-state index contributed by atoms with van der Waals surface area (Å²) >= 11 is 0. The SMILES string of the molecule is O=C(COc1cccc2ccccc12)Nc1ccc2oc(=O)ccc2c1. The first kappa shape index (κ1) is 15.9. The minimum absolute atomic E-state index is 0.101. The van der Waals surface area contributed by atoms with Crippen molar-refractivity contribution in [2.75, 3.05) is 11.9 Å². The molecule has 0 saturated heterocycles. The number of carbonyl (C=O) groups is 1.